The number of carboxylic acids is 1. The van der Waals surface area contributed by atoms with Crippen LogP contribution in [0.2, 0.25) is 0 Å². The van der Waals surface area contributed by atoms with Gasteiger partial charge in [-0.1, -0.05) is 18.2 Å². The summed E-state index contributed by atoms with van der Waals surface area (Å²) in [7, 11) is 0. The number of rotatable bonds is 4. The molecule has 0 aromatic heterocycles. The highest BCUT2D eigenvalue weighted by molar-refractivity contribution is 6.00. The van der Waals surface area contributed by atoms with E-state index in [4.69, 9.17) is 5.11 Å². The van der Waals surface area contributed by atoms with Gasteiger partial charge >= 0.3 is 5.97 Å². The molecule has 6 heteroatoms. The highest BCUT2D eigenvalue weighted by Gasteiger charge is 2.45. The van der Waals surface area contributed by atoms with Gasteiger partial charge in [-0.15, -0.1) is 0 Å². The zero-order valence-electron chi connectivity index (χ0n) is 11.8. The number of carbonyl (C=O) groups is 3. The van der Waals surface area contributed by atoms with Crippen LogP contribution in [0, 0.1) is 0 Å². The van der Waals surface area contributed by atoms with Crippen molar-refractivity contribution in [3.05, 3.63) is 35.9 Å². The van der Waals surface area contributed by atoms with E-state index in [1.165, 1.54) is 4.90 Å². The largest absolute Gasteiger partial charge is 0.480 e. The summed E-state index contributed by atoms with van der Waals surface area (Å²) >= 11 is 0. The van der Waals surface area contributed by atoms with E-state index in [2.05, 4.69) is 5.32 Å². The maximum atomic E-state index is 12.5. The Balaban J connectivity index is 2.17. The number of nitrogens with one attached hydrogen (secondary N) is 1. The van der Waals surface area contributed by atoms with Gasteiger partial charge in [-0.25, -0.2) is 0 Å². The van der Waals surface area contributed by atoms with Crippen LogP contribution in [0.4, 0.5) is 0 Å². The molecule has 1 heterocycles. The summed E-state index contributed by atoms with van der Waals surface area (Å²) in [4.78, 5) is 36.9. The molecule has 1 unspecified atom stereocenters. The minimum Gasteiger partial charge on any atom is -0.480 e. The molecule has 1 saturated heterocycles. The Kier molecular flexibility index (Phi) is 4.26. The van der Waals surface area contributed by atoms with Crippen molar-refractivity contribution in [2.45, 2.75) is 25.3 Å². The van der Waals surface area contributed by atoms with E-state index >= 15 is 0 Å². The lowest BCUT2D eigenvalue weighted by Gasteiger charge is -2.33. The first-order chi connectivity index (χ1) is 9.95. The minimum atomic E-state index is -1.11. The maximum Gasteiger partial charge on any atom is 0.322 e. The van der Waals surface area contributed by atoms with Crippen molar-refractivity contribution >= 4 is 17.8 Å². The lowest BCUT2D eigenvalue weighted by atomic mass is 9.97. The number of nitrogens with zero attached hydrogens (tertiary/aromatic N) is 1. The SMILES string of the molecule is CC1(C(=O)NCC(=O)O)CCCN1C(=O)c1ccccc1. The van der Waals surface area contributed by atoms with Gasteiger partial charge < -0.3 is 15.3 Å². The van der Waals surface area contributed by atoms with Gasteiger partial charge in [0.1, 0.15) is 12.1 Å². The third-order valence-electron chi connectivity index (χ3n) is 3.80. The molecule has 0 bridgehead atoms. The summed E-state index contributed by atoms with van der Waals surface area (Å²) in [6, 6.07) is 8.77. The van der Waals surface area contributed by atoms with Crippen molar-refractivity contribution in [2.75, 3.05) is 13.1 Å². The molecule has 2 N–H and O–H groups in total. The molecule has 0 saturated carbocycles. The van der Waals surface area contributed by atoms with Crippen molar-refractivity contribution in [3.8, 4) is 0 Å². The third kappa shape index (κ3) is 3.04. The molecule has 1 aromatic rings. The number of benzene rings is 1. The van der Waals surface area contributed by atoms with Crippen LogP contribution in [-0.4, -0.2) is 46.4 Å². The number of amides is 2. The van der Waals surface area contributed by atoms with Crippen LogP contribution < -0.4 is 5.32 Å². The zero-order chi connectivity index (χ0) is 15.5. The smallest absolute Gasteiger partial charge is 0.322 e. The number of carbonyl (C=O) groups excluding carboxylic acids is 2. The quantitative estimate of drug-likeness (QED) is 0.862. The molecule has 6 nitrogen and oxygen atoms in total. The van der Waals surface area contributed by atoms with Crippen LogP contribution in [0.25, 0.3) is 0 Å². The minimum absolute atomic E-state index is 0.207. The summed E-state index contributed by atoms with van der Waals surface area (Å²) in [6.45, 7) is 1.73. The van der Waals surface area contributed by atoms with Crippen molar-refractivity contribution in [1.29, 1.82) is 0 Å². The second kappa shape index (κ2) is 5.95. The highest BCUT2D eigenvalue weighted by Crippen LogP contribution is 2.30. The van der Waals surface area contributed by atoms with Crippen LogP contribution in [0.5, 0.6) is 0 Å². The summed E-state index contributed by atoms with van der Waals surface area (Å²) in [6.07, 6.45) is 1.24. The van der Waals surface area contributed by atoms with Gasteiger partial charge in [0.25, 0.3) is 5.91 Å². The topological polar surface area (TPSA) is 86.7 Å². The average Bonchev–Trinajstić information content (AvgIpc) is 2.88. The predicted octanol–water partition coefficient (Wildman–Crippen LogP) is 0.882. The fraction of sp³-hybridized carbons (Fsp3) is 0.400. The fourth-order valence-corrected chi connectivity index (χ4v) is 2.61. The van der Waals surface area contributed by atoms with Gasteiger partial charge in [0, 0.05) is 12.1 Å². The lowest BCUT2D eigenvalue weighted by Crippen LogP contribution is -2.56. The zero-order valence-corrected chi connectivity index (χ0v) is 11.8. The van der Waals surface area contributed by atoms with E-state index in [0.29, 0.717) is 18.5 Å². The van der Waals surface area contributed by atoms with Crippen LogP contribution in [0.15, 0.2) is 30.3 Å². The molecular formula is C15H18N2O4. The second-order valence-corrected chi connectivity index (χ2v) is 5.28. The van der Waals surface area contributed by atoms with Gasteiger partial charge in [-0.3, -0.25) is 14.4 Å². The maximum absolute atomic E-state index is 12.5. The van der Waals surface area contributed by atoms with Gasteiger partial charge in [-0.2, -0.15) is 0 Å². The van der Waals surface area contributed by atoms with Gasteiger partial charge in [0.05, 0.1) is 0 Å². The van der Waals surface area contributed by atoms with Gasteiger partial charge in [-0.05, 0) is 31.9 Å². The summed E-state index contributed by atoms with van der Waals surface area (Å²) < 4.78 is 0. The molecule has 2 amide bonds. The third-order valence-corrected chi connectivity index (χ3v) is 3.80. The first-order valence-corrected chi connectivity index (χ1v) is 6.82. The second-order valence-electron chi connectivity index (χ2n) is 5.28. The summed E-state index contributed by atoms with van der Waals surface area (Å²) in [5.74, 6) is -1.74. The number of hydrogen-bond acceptors (Lipinski definition) is 3. The first kappa shape index (κ1) is 15.0. The fourth-order valence-electron chi connectivity index (χ4n) is 2.61. The molecule has 1 atom stereocenters. The van der Waals surface area contributed by atoms with Crippen molar-refractivity contribution in [2.24, 2.45) is 0 Å². The molecular weight excluding hydrogens is 272 g/mol. The van der Waals surface area contributed by atoms with E-state index in [1.54, 1.807) is 31.2 Å². The van der Waals surface area contributed by atoms with E-state index in [0.717, 1.165) is 6.42 Å². The Morgan fingerprint density at radius 2 is 1.95 bits per heavy atom. The normalized spacial score (nSPS) is 21.1. The Morgan fingerprint density at radius 1 is 1.29 bits per heavy atom. The van der Waals surface area contributed by atoms with E-state index in [-0.39, 0.29) is 5.91 Å². The van der Waals surface area contributed by atoms with E-state index in [1.807, 2.05) is 6.07 Å². The first-order valence-electron chi connectivity index (χ1n) is 6.82. The Hall–Kier alpha value is -2.37. The monoisotopic (exact) mass is 290 g/mol. The molecule has 0 aliphatic carbocycles. The van der Waals surface area contributed by atoms with Crippen LogP contribution in [0.1, 0.15) is 30.1 Å². The Bertz CT molecular complexity index is 558. The van der Waals surface area contributed by atoms with Crippen LogP contribution in [0.3, 0.4) is 0 Å². The molecule has 0 spiro atoms. The van der Waals surface area contributed by atoms with E-state index < -0.39 is 24.0 Å². The molecule has 1 aromatic carbocycles. The predicted molar refractivity (Wildman–Crippen MR) is 75.8 cm³/mol. The molecule has 2 rings (SSSR count). The molecule has 21 heavy (non-hydrogen) atoms. The van der Waals surface area contributed by atoms with Gasteiger partial charge in [0.15, 0.2) is 0 Å². The van der Waals surface area contributed by atoms with Crippen molar-refractivity contribution in [1.82, 2.24) is 10.2 Å². The number of carboxylic acid groups (broad SMARTS) is 1. The Morgan fingerprint density at radius 3 is 2.57 bits per heavy atom. The average molecular weight is 290 g/mol. The number of likely N-dealkylation sites (tertiary alicyclic amines) is 1. The van der Waals surface area contributed by atoms with Gasteiger partial charge in [0.2, 0.25) is 5.91 Å². The van der Waals surface area contributed by atoms with Crippen molar-refractivity contribution in [3.63, 3.8) is 0 Å². The molecule has 112 valence electrons. The molecule has 1 aliphatic rings. The highest BCUT2D eigenvalue weighted by atomic mass is 16.4. The number of hydrogen-bond donors (Lipinski definition) is 2. The molecule has 1 fully saturated rings. The van der Waals surface area contributed by atoms with Crippen LogP contribution in [-0.2, 0) is 9.59 Å². The lowest BCUT2D eigenvalue weighted by molar-refractivity contribution is -0.139. The summed E-state index contributed by atoms with van der Waals surface area (Å²) in [5, 5.41) is 11.0. The Labute approximate surface area is 122 Å². The van der Waals surface area contributed by atoms with Crippen molar-refractivity contribution < 1.29 is 19.5 Å². The molecule has 0 radical (unpaired) electrons. The number of aliphatic carboxylic acids is 1. The van der Waals surface area contributed by atoms with Crippen LogP contribution >= 0.6 is 0 Å². The van der Waals surface area contributed by atoms with E-state index in [9.17, 15) is 14.4 Å². The summed E-state index contributed by atoms with van der Waals surface area (Å²) in [5.41, 5.74) is -0.473. The standard InChI is InChI=1S/C15H18N2O4/c1-15(14(21)16-10-12(18)19)8-5-9-17(15)13(20)11-6-3-2-4-7-11/h2-4,6-7H,5,8-10H2,1H3,(H,16,21)(H,18,19). The molecule has 1 aliphatic heterocycles.